The molecule has 1 heterocycles. The predicted molar refractivity (Wildman–Crippen MR) is 115 cm³/mol. The zero-order chi connectivity index (χ0) is 20.8. The van der Waals surface area contributed by atoms with Gasteiger partial charge in [0.05, 0.1) is 12.2 Å². The molecular formula is C20H20ClN5O2S. The van der Waals surface area contributed by atoms with E-state index in [0.717, 1.165) is 11.3 Å². The highest BCUT2D eigenvalue weighted by atomic mass is 35.5. The number of nitrogens with one attached hydrogen (secondary N) is 2. The number of carbonyl (C=O) groups is 2. The van der Waals surface area contributed by atoms with E-state index >= 15 is 0 Å². The van der Waals surface area contributed by atoms with E-state index in [0.29, 0.717) is 21.7 Å². The van der Waals surface area contributed by atoms with Gasteiger partial charge in [0.15, 0.2) is 5.16 Å². The quantitative estimate of drug-likeness (QED) is 0.559. The van der Waals surface area contributed by atoms with E-state index in [2.05, 4.69) is 20.8 Å². The van der Waals surface area contributed by atoms with Crippen LogP contribution < -0.4 is 10.6 Å². The first kappa shape index (κ1) is 20.9. The van der Waals surface area contributed by atoms with E-state index in [9.17, 15) is 9.59 Å². The van der Waals surface area contributed by atoms with E-state index in [4.69, 9.17) is 11.6 Å². The summed E-state index contributed by atoms with van der Waals surface area (Å²) in [5, 5.41) is 15.0. The number of aryl methyl sites for hydroxylation is 1. The van der Waals surface area contributed by atoms with Crippen LogP contribution in [0.1, 0.15) is 11.4 Å². The van der Waals surface area contributed by atoms with Gasteiger partial charge in [0.2, 0.25) is 11.8 Å². The fraction of sp³-hybridized carbons (Fsp3) is 0.200. The molecule has 0 saturated heterocycles. The van der Waals surface area contributed by atoms with Crippen molar-refractivity contribution in [1.29, 1.82) is 0 Å². The molecule has 29 heavy (non-hydrogen) atoms. The van der Waals surface area contributed by atoms with Crippen LogP contribution in [0.4, 0.5) is 11.4 Å². The third kappa shape index (κ3) is 5.82. The van der Waals surface area contributed by atoms with Crippen molar-refractivity contribution in [2.45, 2.75) is 18.5 Å². The number of rotatable bonds is 7. The number of carbonyl (C=O) groups excluding carboxylic acids is 2. The van der Waals surface area contributed by atoms with E-state index < -0.39 is 0 Å². The van der Waals surface area contributed by atoms with Crippen LogP contribution in [0.25, 0.3) is 0 Å². The summed E-state index contributed by atoms with van der Waals surface area (Å²) in [5.74, 6) is 0.362. The third-order valence-corrected chi connectivity index (χ3v) is 5.40. The number of amides is 2. The van der Waals surface area contributed by atoms with Crippen molar-refractivity contribution in [1.82, 2.24) is 14.8 Å². The van der Waals surface area contributed by atoms with Crippen molar-refractivity contribution in [2.24, 2.45) is 7.05 Å². The van der Waals surface area contributed by atoms with Crippen LogP contribution in [-0.4, -0.2) is 32.3 Å². The van der Waals surface area contributed by atoms with Gasteiger partial charge in [-0.2, -0.15) is 0 Å². The van der Waals surface area contributed by atoms with Gasteiger partial charge in [0.1, 0.15) is 5.82 Å². The van der Waals surface area contributed by atoms with Gasteiger partial charge in [0, 0.05) is 23.4 Å². The molecule has 2 amide bonds. The lowest BCUT2D eigenvalue weighted by molar-refractivity contribution is -0.116. The van der Waals surface area contributed by atoms with Crippen LogP contribution in [0, 0.1) is 6.92 Å². The largest absolute Gasteiger partial charge is 0.326 e. The Morgan fingerprint density at radius 1 is 1.03 bits per heavy atom. The molecule has 0 spiro atoms. The Balaban J connectivity index is 1.53. The number of halogens is 1. The number of nitrogens with zero attached hydrogens (tertiary/aromatic N) is 3. The van der Waals surface area contributed by atoms with E-state index in [-0.39, 0.29) is 24.0 Å². The number of thioether (sulfide) groups is 1. The van der Waals surface area contributed by atoms with Crippen LogP contribution in [0.2, 0.25) is 5.02 Å². The van der Waals surface area contributed by atoms with E-state index in [1.165, 1.54) is 11.8 Å². The minimum atomic E-state index is -0.211. The molecule has 1 aromatic heterocycles. The molecule has 0 aliphatic heterocycles. The summed E-state index contributed by atoms with van der Waals surface area (Å²) in [6.07, 6.45) is 0.0715. The highest BCUT2D eigenvalue weighted by molar-refractivity contribution is 7.99. The number of hydrogen-bond donors (Lipinski definition) is 2. The third-order valence-electron chi connectivity index (χ3n) is 4.12. The molecule has 2 aromatic carbocycles. The number of benzene rings is 2. The monoisotopic (exact) mass is 429 g/mol. The fourth-order valence-electron chi connectivity index (χ4n) is 2.54. The Hall–Kier alpha value is -2.84. The van der Waals surface area contributed by atoms with E-state index in [1.807, 2.05) is 31.2 Å². The molecule has 0 fully saturated rings. The van der Waals surface area contributed by atoms with Crippen LogP contribution in [0.3, 0.4) is 0 Å². The first-order valence-electron chi connectivity index (χ1n) is 8.84. The van der Waals surface area contributed by atoms with Gasteiger partial charge in [-0.15, -0.1) is 10.2 Å². The summed E-state index contributed by atoms with van der Waals surface area (Å²) in [6, 6.07) is 14.5. The van der Waals surface area contributed by atoms with Gasteiger partial charge < -0.3 is 15.2 Å². The molecule has 0 radical (unpaired) electrons. The van der Waals surface area contributed by atoms with Gasteiger partial charge >= 0.3 is 0 Å². The summed E-state index contributed by atoms with van der Waals surface area (Å²) >= 11 is 7.11. The second-order valence-corrected chi connectivity index (χ2v) is 7.72. The lowest BCUT2D eigenvalue weighted by atomic mass is 10.2. The van der Waals surface area contributed by atoms with E-state index in [1.54, 1.807) is 35.9 Å². The second-order valence-electron chi connectivity index (χ2n) is 6.34. The van der Waals surface area contributed by atoms with Crippen molar-refractivity contribution >= 4 is 46.6 Å². The summed E-state index contributed by atoms with van der Waals surface area (Å²) in [4.78, 5) is 24.4. The summed E-state index contributed by atoms with van der Waals surface area (Å²) in [7, 11) is 1.77. The first-order chi connectivity index (χ1) is 13.9. The Morgan fingerprint density at radius 3 is 2.48 bits per heavy atom. The van der Waals surface area contributed by atoms with Crippen LogP contribution >= 0.6 is 23.4 Å². The molecule has 0 bridgehead atoms. The Labute approximate surface area is 177 Å². The molecule has 0 aliphatic carbocycles. The maximum Gasteiger partial charge on any atom is 0.234 e. The number of aromatic nitrogens is 3. The van der Waals surface area contributed by atoms with Crippen LogP contribution in [0.15, 0.2) is 53.7 Å². The molecule has 150 valence electrons. The minimum absolute atomic E-state index is 0.0715. The lowest BCUT2D eigenvalue weighted by Crippen LogP contribution is -2.17. The zero-order valence-corrected chi connectivity index (χ0v) is 17.5. The van der Waals surface area contributed by atoms with Gasteiger partial charge in [-0.25, -0.2) is 0 Å². The topological polar surface area (TPSA) is 88.9 Å². The average Bonchev–Trinajstić information content (AvgIpc) is 3.03. The summed E-state index contributed by atoms with van der Waals surface area (Å²) in [6.45, 7) is 1.94. The Kier molecular flexibility index (Phi) is 6.90. The molecule has 0 saturated carbocycles. The molecule has 7 nitrogen and oxygen atoms in total. The Morgan fingerprint density at radius 2 is 1.76 bits per heavy atom. The molecular weight excluding hydrogens is 410 g/mol. The van der Waals surface area contributed by atoms with Gasteiger partial charge in [-0.1, -0.05) is 41.6 Å². The standard InChI is InChI=1S/C20H20ClN5O2S/c1-13-5-3-4-6-16(13)23-19(28)12-29-20-25-24-17(26(20)2)11-18(27)22-15-9-7-14(21)8-10-15/h3-10H,11-12H2,1-2H3,(H,22,27)(H,23,28). The van der Waals surface area contributed by atoms with Crippen LogP contribution in [-0.2, 0) is 23.1 Å². The lowest BCUT2D eigenvalue weighted by Gasteiger charge is -2.08. The van der Waals surface area contributed by atoms with Gasteiger partial charge in [0.25, 0.3) is 0 Å². The van der Waals surface area contributed by atoms with Crippen molar-refractivity contribution in [3.8, 4) is 0 Å². The SMILES string of the molecule is Cc1ccccc1NC(=O)CSc1nnc(CC(=O)Nc2ccc(Cl)cc2)n1C. The van der Waals surface area contributed by atoms with Crippen molar-refractivity contribution in [2.75, 3.05) is 16.4 Å². The summed E-state index contributed by atoms with van der Waals surface area (Å²) in [5.41, 5.74) is 2.44. The number of para-hydroxylation sites is 1. The molecule has 2 N–H and O–H groups in total. The predicted octanol–water partition coefficient (Wildman–Crippen LogP) is 3.69. The Bertz CT molecular complexity index is 1020. The van der Waals surface area contributed by atoms with Gasteiger partial charge in [-0.05, 0) is 42.8 Å². The van der Waals surface area contributed by atoms with Crippen molar-refractivity contribution < 1.29 is 9.59 Å². The average molecular weight is 430 g/mol. The molecule has 3 aromatic rings. The molecule has 0 aliphatic rings. The van der Waals surface area contributed by atoms with Gasteiger partial charge in [-0.3, -0.25) is 9.59 Å². The highest BCUT2D eigenvalue weighted by Gasteiger charge is 2.15. The minimum Gasteiger partial charge on any atom is -0.326 e. The first-order valence-corrected chi connectivity index (χ1v) is 10.2. The zero-order valence-electron chi connectivity index (χ0n) is 16.0. The van der Waals surface area contributed by atoms with Crippen molar-refractivity contribution in [3.63, 3.8) is 0 Å². The molecule has 3 rings (SSSR count). The maximum absolute atomic E-state index is 12.2. The number of hydrogen-bond acceptors (Lipinski definition) is 5. The maximum atomic E-state index is 12.2. The van der Waals surface area contributed by atoms with Crippen molar-refractivity contribution in [3.05, 3.63) is 64.9 Å². The number of anilines is 2. The van der Waals surface area contributed by atoms with Crippen LogP contribution in [0.5, 0.6) is 0 Å². The molecule has 9 heteroatoms. The highest BCUT2D eigenvalue weighted by Crippen LogP contribution is 2.19. The molecule has 0 atom stereocenters. The second kappa shape index (κ2) is 9.58. The fourth-order valence-corrected chi connectivity index (χ4v) is 3.39. The molecule has 0 unspecified atom stereocenters. The smallest absolute Gasteiger partial charge is 0.234 e. The summed E-state index contributed by atoms with van der Waals surface area (Å²) < 4.78 is 1.72. The normalized spacial score (nSPS) is 10.6.